The molecule has 0 N–H and O–H groups in total. The van der Waals surface area contributed by atoms with E-state index in [-0.39, 0.29) is 5.92 Å². The molecule has 118 valence electrons. The zero-order valence-corrected chi connectivity index (χ0v) is 12.8. The molecule has 1 aliphatic carbocycles. The normalized spacial score (nSPS) is 22.5. The van der Waals surface area contributed by atoms with Crippen LogP contribution in [0.5, 0.6) is 0 Å². The molecule has 3 heteroatoms. The van der Waals surface area contributed by atoms with E-state index in [1.54, 1.807) is 0 Å². The van der Waals surface area contributed by atoms with Gasteiger partial charge in [-0.1, -0.05) is 39.0 Å². The van der Waals surface area contributed by atoms with Gasteiger partial charge in [-0.05, 0) is 55.2 Å². The Morgan fingerprint density at radius 2 is 1.52 bits per heavy atom. The smallest absolute Gasteiger partial charge is 0.194 e. The highest BCUT2D eigenvalue weighted by molar-refractivity contribution is 5.23. The fourth-order valence-corrected chi connectivity index (χ4v) is 3.46. The maximum Gasteiger partial charge on any atom is 0.194 e. The molecule has 21 heavy (non-hydrogen) atoms. The van der Waals surface area contributed by atoms with Crippen LogP contribution in [0, 0.1) is 23.4 Å². The summed E-state index contributed by atoms with van der Waals surface area (Å²) >= 11 is 0. The van der Waals surface area contributed by atoms with Crippen LogP contribution in [0.25, 0.3) is 0 Å². The Balaban J connectivity index is 1.84. The third-order valence-electron chi connectivity index (χ3n) is 4.79. The van der Waals surface area contributed by atoms with Gasteiger partial charge >= 0.3 is 0 Å². The minimum atomic E-state index is -1.36. The third-order valence-corrected chi connectivity index (χ3v) is 4.79. The first kappa shape index (κ1) is 16.4. The molecule has 1 aromatic rings. The number of hydrogen-bond acceptors (Lipinski definition) is 0. The second-order valence-corrected chi connectivity index (χ2v) is 6.37. The first-order valence-electron chi connectivity index (χ1n) is 8.26. The molecule has 0 radical (unpaired) electrons. The van der Waals surface area contributed by atoms with Crippen molar-refractivity contribution in [1.82, 2.24) is 0 Å². The van der Waals surface area contributed by atoms with E-state index in [4.69, 9.17) is 0 Å². The van der Waals surface area contributed by atoms with E-state index in [0.717, 1.165) is 31.6 Å². The van der Waals surface area contributed by atoms with E-state index in [9.17, 15) is 13.2 Å². The fraction of sp³-hybridized carbons (Fsp3) is 0.667. The van der Waals surface area contributed by atoms with Gasteiger partial charge in [0.05, 0.1) is 0 Å². The average Bonchev–Trinajstić information content (AvgIpc) is 2.49. The molecule has 0 atom stereocenters. The highest BCUT2D eigenvalue weighted by Crippen LogP contribution is 2.38. The summed E-state index contributed by atoms with van der Waals surface area (Å²) in [4.78, 5) is 0. The van der Waals surface area contributed by atoms with Crippen LogP contribution in [-0.2, 0) is 0 Å². The minimum absolute atomic E-state index is 0.182. The molecule has 1 aliphatic rings. The molecule has 0 heterocycles. The topological polar surface area (TPSA) is 0 Å². The number of halogens is 3. The van der Waals surface area contributed by atoms with Gasteiger partial charge in [0.2, 0.25) is 0 Å². The van der Waals surface area contributed by atoms with Gasteiger partial charge in [-0.2, -0.15) is 0 Å². The van der Waals surface area contributed by atoms with Crippen LogP contribution in [0.2, 0.25) is 0 Å². The molecule has 0 amide bonds. The Bertz CT molecular complexity index is 425. The van der Waals surface area contributed by atoms with Gasteiger partial charge in [-0.3, -0.25) is 0 Å². The maximum atomic E-state index is 13.3. The van der Waals surface area contributed by atoms with Crippen LogP contribution >= 0.6 is 0 Å². The second kappa shape index (κ2) is 7.86. The fourth-order valence-electron chi connectivity index (χ4n) is 3.46. The Kier molecular flexibility index (Phi) is 6.13. The summed E-state index contributed by atoms with van der Waals surface area (Å²) in [5, 5.41) is 0. The van der Waals surface area contributed by atoms with Crippen molar-refractivity contribution in [3.05, 3.63) is 35.1 Å². The Hall–Kier alpha value is -0.990. The lowest BCUT2D eigenvalue weighted by Crippen LogP contribution is -2.14. The molecule has 0 aliphatic heterocycles. The molecule has 1 saturated carbocycles. The predicted molar refractivity (Wildman–Crippen MR) is 79.8 cm³/mol. The van der Waals surface area contributed by atoms with Crippen LogP contribution in [-0.4, -0.2) is 0 Å². The maximum absolute atomic E-state index is 13.3. The standard InChI is InChI=1S/C18H25F3/c1-2-3-4-5-6-13-7-9-14(10-8-13)15-11-16(19)18(21)17(20)12-15/h11-14H,2-10H2,1H3/t13-,14-. The van der Waals surface area contributed by atoms with E-state index in [0.29, 0.717) is 5.56 Å². The summed E-state index contributed by atoms with van der Waals surface area (Å²) in [6.45, 7) is 2.21. The number of unbranched alkanes of at least 4 members (excludes halogenated alkanes) is 3. The zero-order chi connectivity index (χ0) is 15.2. The van der Waals surface area contributed by atoms with E-state index in [2.05, 4.69) is 6.92 Å². The van der Waals surface area contributed by atoms with Crippen molar-refractivity contribution in [1.29, 1.82) is 0 Å². The molecule has 0 unspecified atom stereocenters. The molecular weight excluding hydrogens is 273 g/mol. The van der Waals surface area contributed by atoms with E-state index in [1.807, 2.05) is 0 Å². The van der Waals surface area contributed by atoms with Crippen LogP contribution in [0.4, 0.5) is 13.2 Å². The number of rotatable bonds is 6. The quantitative estimate of drug-likeness (QED) is 0.424. The van der Waals surface area contributed by atoms with E-state index >= 15 is 0 Å². The monoisotopic (exact) mass is 298 g/mol. The van der Waals surface area contributed by atoms with Gasteiger partial charge in [0.25, 0.3) is 0 Å². The van der Waals surface area contributed by atoms with Gasteiger partial charge in [0.15, 0.2) is 17.5 Å². The van der Waals surface area contributed by atoms with Gasteiger partial charge < -0.3 is 0 Å². The van der Waals surface area contributed by atoms with Crippen molar-refractivity contribution in [2.75, 3.05) is 0 Å². The number of hydrogen-bond donors (Lipinski definition) is 0. The molecule has 0 spiro atoms. The molecule has 0 nitrogen and oxygen atoms in total. The highest BCUT2D eigenvalue weighted by Gasteiger charge is 2.24. The summed E-state index contributed by atoms with van der Waals surface area (Å²) in [5.74, 6) is -2.54. The van der Waals surface area contributed by atoms with Crippen molar-refractivity contribution < 1.29 is 13.2 Å². The van der Waals surface area contributed by atoms with Crippen molar-refractivity contribution in [2.45, 2.75) is 70.6 Å². The predicted octanol–water partition coefficient (Wildman–Crippen LogP) is 6.35. The Labute approximate surface area is 125 Å². The van der Waals surface area contributed by atoms with Crippen LogP contribution in [0.3, 0.4) is 0 Å². The van der Waals surface area contributed by atoms with Crippen LogP contribution < -0.4 is 0 Å². The van der Waals surface area contributed by atoms with Gasteiger partial charge in [-0.15, -0.1) is 0 Å². The lowest BCUT2D eigenvalue weighted by Gasteiger charge is -2.29. The SMILES string of the molecule is CCCCCC[C@H]1CC[C@H](c2cc(F)c(F)c(F)c2)CC1. The molecular formula is C18H25F3. The molecule has 1 aromatic carbocycles. The largest absolute Gasteiger partial charge is 0.204 e. The van der Waals surface area contributed by atoms with Crippen molar-refractivity contribution in [3.8, 4) is 0 Å². The van der Waals surface area contributed by atoms with Crippen molar-refractivity contribution in [3.63, 3.8) is 0 Å². The molecule has 1 fully saturated rings. The summed E-state index contributed by atoms with van der Waals surface area (Å²) in [5.41, 5.74) is 0.621. The lowest BCUT2D eigenvalue weighted by molar-refractivity contribution is 0.301. The average molecular weight is 298 g/mol. The number of benzene rings is 1. The van der Waals surface area contributed by atoms with Gasteiger partial charge in [0, 0.05) is 0 Å². The Morgan fingerprint density at radius 3 is 2.10 bits per heavy atom. The summed E-state index contributed by atoms with van der Waals surface area (Å²) in [7, 11) is 0. The van der Waals surface area contributed by atoms with Crippen LogP contribution in [0.15, 0.2) is 12.1 Å². The van der Waals surface area contributed by atoms with E-state index < -0.39 is 17.5 Å². The first-order valence-corrected chi connectivity index (χ1v) is 8.26. The second-order valence-electron chi connectivity index (χ2n) is 6.37. The molecule has 0 bridgehead atoms. The van der Waals surface area contributed by atoms with E-state index in [1.165, 1.54) is 44.2 Å². The zero-order valence-electron chi connectivity index (χ0n) is 12.8. The third kappa shape index (κ3) is 4.49. The van der Waals surface area contributed by atoms with Crippen molar-refractivity contribution in [2.24, 2.45) is 5.92 Å². The molecule has 0 saturated heterocycles. The van der Waals surface area contributed by atoms with Gasteiger partial charge in [0.1, 0.15) is 0 Å². The minimum Gasteiger partial charge on any atom is -0.204 e. The Morgan fingerprint density at radius 1 is 0.905 bits per heavy atom. The summed E-state index contributed by atoms with van der Waals surface area (Å²) < 4.78 is 39.6. The lowest BCUT2D eigenvalue weighted by atomic mass is 9.77. The molecule has 2 rings (SSSR count). The van der Waals surface area contributed by atoms with Gasteiger partial charge in [-0.25, -0.2) is 13.2 Å². The first-order chi connectivity index (χ1) is 10.1. The highest BCUT2D eigenvalue weighted by atomic mass is 19.2. The summed E-state index contributed by atoms with van der Waals surface area (Å²) in [6.07, 6.45) is 10.6. The summed E-state index contributed by atoms with van der Waals surface area (Å²) in [6, 6.07) is 2.34. The molecule has 0 aromatic heterocycles. The van der Waals surface area contributed by atoms with Crippen molar-refractivity contribution >= 4 is 0 Å². The van der Waals surface area contributed by atoms with Crippen LogP contribution in [0.1, 0.15) is 76.2 Å².